The molecule has 0 aliphatic carbocycles. The molecule has 12 nitrogen and oxygen atoms in total. The molecule has 2 saturated heterocycles. The van der Waals surface area contributed by atoms with Crippen LogP contribution in [0.4, 0.5) is 11.4 Å². The smallest absolute Gasteiger partial charge is 0.255 e. The van der Waals surface area contributed by atoms with Crippen LogP contribution in [0, 0.1) is 18.3 Å². The number of benzene rings is 2. The molecule has 2 aliphatic heterocycles. The Morgan fingerprint density at radius 3 is 2.45 bits per heavy atom. The van der Waals surface area contributed by atoms with E-state index >= 15 is 0 Å². The zero-order valence-electron chi connectivity index (χ0n) is 27.2. The Hall–Kier alpha value is -5.96. The number of nitrogens with zero attached hydrogens (tertiary/aromatic N) is 4. The first-order chi connectivity index (χ1) is 23.8. The molecule has 2 aliphatic rings. The lowest BCUT2D eigenvalue weighted by Gasteiger charge is -2.28. The lowest BCUT2D eigenvalue weighted by molar-refractivity contribution is -0.140. The fourth-order valence-corrected chi connectivity index (χ4v) is 6.17. The van der Waals surface area contributed by atoms with Crippen molar-refractivity contribution < 1.29 is 23.6 Å². The molecule has 3 amide bonds. The normalized spacial score (nSPS) is 16.8. The highest BCUT2D eigenvalue weighted by Gasteiger charge is 2.32. The molecule has 0 spiro atoms. The zero-order chi connectivity index (χ0) is 34.3. The Balaban J connectivity index is 1.31. The maximum Gasteiger partial charge on any atom is 0.255 e. The number of fused-ring (bicyclic) bond motifs is 1. The van der Waals surface area contributed by atoms with Crippen LogP contribution in [-0.2, 0) is 9.59 Å². The minimum absolute atomic E-state index is 0.0155. The van der Waals surface area contributed by atoms with E-state index in [0.29, 0.717) is 49.4 Å². The summed E-state index contributed by atoms with van der Waals surface area (Å²) in [6.07, 6.45) is 6.88. The summed E-state index contributed by atoms with van der Waals surface area (Å²) in [6.45, 7) is 3.66. The van der Waals surface area contributed by atoms with Crippen LogP contribution in [0.25, 0.3) is 11.0 Å². The fourth-order valence-electron chi connectivity index (χ4n) is 6.17. The van der Waals surface area contributed by atoms with E-state index in [1.54, 1.807) is 58.6 Å². The number of aryl methyl sites for hydroxylation is 1. The van der Waals surface area contributed by atoms with Crippen LogP contribution in [0.1, 0.15) is 58.6 Å². The van der Waals surface area contributed by atoms with E-state index < -0.39 is 17.7 Å². The van der Waals surface area contributed by atoms with E-state index in [0.717, 1.165) is 30.4 Å². The second-order valence-electron chi connectivity index (χ2n) is 12.2. The van der Waals surface area contributed by atoms with Gasteiger partial charge < -0.3 is 30.2 Å². The lowest BCUT2D eigenvalue weighted by atomic mass is 10.0. The Labute approximate surface area is 283 Å². The van der Waals surface area contributed by atoms with Gasteiger partial charge in [-0.15, -0.1) is 0 Å². The van der Waals surface area contributed by atoms with E-state index in [1.165, 1.54) is 12.1 Å². The van der Waals surface area contributed by atoms with Gasteiger partial charge in [0.25, 0.3) is 5.91 Å². The number of nitriles is 1. The monoisotopic (exact) mass is 659 g/mol. The molecule has 0 saturated carbocycles. The summed E-state index contributed by atoms with van der Waals surface area (Å²) in [5.74, 6) is -0.650. The molecule has 2 aromatic carbocycles. The molecule has 1 atom stereocenters. The third kappa shape index (κ3) is 7.79. The van der Waals surface area contributed by atoms with Gasteiger partial charge in [0.1, 0.15) is 34.8 Å². The first-order valence-corrected chi connectivity index (χ1v) is 16.4. The van der Waals surface area contributed by atoms with Gasteiger partial charge in [0.05, 0.1) is 6.54 Å². The van der Waals surface area contributed by atoms with E-state index in [9.17, 15) is 24.4 Å². The van der Waals surface area contributed by atoms with Gasteiger partial charge in [0.15, 0.2) is 0 Å². The van der Waals surface area contributed by atoms with Crippen molar-refractivity contribution in [2.45, 2.75) is 45.1 Å². The van der Waals surface area contributed by atoms with Crippen LogP contribution in [0.5, 0.6) is 0 Å². The molecular formula is C37H37N7O5. The number of ketones is 1. The number of anilines is 2. The number of carbonyl (C=O) groups excluding carboxylic acids is 4. The van der Waals surface area contributed by atoms with Crippen molar-refractivity contribution in [1.29, 1.82) is 5.26 Å². The Morgan fingerprint density at radius 2 is 1.67 bits per heavy atom. The number of allylic oxidation sites excluding steroid dienone is 1. The van der Waals surface area contributed by atoms with Gasteiger partial charge >= 0.3 is 0 Å². The second-order valence-corrected chi connectivity index (χ2v) is 12.2. The molecule has 3 N–H and O–H groups in total. The Bertz CT molecular complexity index is 1960. The number of rotatable bonds is 10. The van der Waals surface area contributed by atoms with Crippen molar-refractivity contribution in [3.05, 3.63) is 101 Å². The molecule has 2 fully saturated rings. The number of amides is 3. The molecule has 250 valence electrons. The van der Waals surface area contributed by atoms with Crippen molar-refractivity contribution in [2.75, 3.05) is 36.8 Å². The molecule has 12 heteroatoms. The summed E-state index contributed by atoms with van der Waals surface area (Å²) in [6, 6.07) is 17.9. The summed E-state index contributed by atoms with van der Waals surface area (Å²) in [7, 11) is 0. The molecule has 2 aromatic heterocycles. The first kappa shape index (κ1) is 33.0. The van der Waals surface area contributed by atoms with Crippen LogP contribution >= 0.6 is 0 Å². The summed E-state index contributed by atoms with van der Waals surface area (Å²) < 4.78 is 5.71. The molecule has 6 rings (SSSR count). The molecule has 0 unspecified atom stereocenters. The van der Waals surface area contributed by atoms with Crippen molar-refractivity contribution in [3.8, 4) is 6.07 Å². The van der Waals surface area contributed by atoms with E-state index in [2.05, 4.69) is 20.9 Å². The molecule has 0 radical (unpaired) electrons. The number of carbonyl (C=O) groups is 4. The number of nitrogens with one attached hydrogen (secondary N) is 3. The van der Waals surface area contributed by atoms with Crippen molar-refractivity contribution in [2.24, 2.45) is 0 Å². The van der Waals surface area contributed by atoms with E-state index in [-0.39, 0.29) is 40.9 Å². The highest BCUT2D eigenvalue weighted by Crippen LogP contribution is 2.25. The van der Waals surface area contributed by atoms with Gasteiger partial charge in [0.2, 0.25) is 17.6 Å². The molecule has 4 aromatic rings. The lowest BCUT2D eigenvalue weighted by Crippen LogP contribution is -2.49. The number of Topliss-reactive ketones (excluding diaryl/α,β-unsaturated/α-hetero) is 1. The highest BCUT2D eigenvalue weighted by atomic mass is 16.3. The number of hydrogen-bond donors (Lipinski definition) is 3. The van der Waals surface area contributed by atoms with Gasteiger partial charge in [-0.05, 0) is 87.6 Å². The minimum Gasteiger partial charge on any atom is -0.461 e. The summed E-state index contributed by atoms with van der Waals surface area (Å²) >= 11 is 0. The summed E-state index contributed by atoms with van der Waals surface area (Å²) in [4.78, 5) is 61.3. The largest absolute Gasteiger partial charge is 0.461 e. The molecular weight excluding hydrogens is 622 g/mol. The van der Waals surface area contributed by atoms with Gasteiger partial charge in [-0.25, -0.2) is 0 Å². The zero-order valence-corrected chi connectivity index (χ0v) is 27.2. The van der Waals surface area contributed by atoms with Gasteiger partial charge in [-0.1, -0.05) is 12.1 Å². The quantitative estimate of drug-likeness (QED) is 0.121. The maximum atomic E-state index is 14.0. The predicted octanol–water partition coefficient (Wildman–Crippen LogP) is 5.01. The van der Waals surface area contributed by atoms with E-state index in [4.69, 9.17) is 4.42 Å². The fraction of sp³-hybridized carbons (Fsp3) is 0.297. The van der Waals surface area contributed by atoms with Crippen LogP contribution in [0.15, 0.2) is 88.9 Å². The average molecular weight is 660 g/mol. The van der Waals surface area contributed by atoms with E-state index in [1.807, 2.05) is 25.1 Å². The maximum absolute atomic E-state index is 14.0. The molecule has 49 heavy (non-hydrogen) atoms. The van der Waals surface area contributed by atoms with Gasteiger partial charge in [0, 0.05) is 59.9 Å². The topological polar surface area (TPSA) is 161 Å². The van der Waals surface area contributed by atoms with Crippen molar-refractivity contribution in [3.63, 3.8) is 0 Å². The number of furan rings is 1. The summed E-state index contributed by atoms with van der Waals surface area (Å²) in [5.41, 5.74) is 1.85. The Kier molecular flexibility index (Phi) is 9.99. The molecule has 0 bridgehead atoms. The summed E-state index contributed by atoms with van der Waals surface area (Å²) in [5, 5.41) is 20.4. The third-order valence-electron chi connectivity index (χ3n) is 8.71. The van der Waals surface area contributed by atoms with Crippen molar-refractivity contribution in [1.82, 2.24) is 20.1 Å². The second kappa shape index (κ2) is 14.9. The van der Waals surface area contributed by atoms with Crippen LogP contribution in [0.3, 0.4) is 0 Å². The standard InChI is InChI=1S/C37H37N7O5/c1-24-19-27-21-29(10-11-32(27)49-24)40-35(42-31-9-2-3-18-44(37(31)48)23-33(45)43-16-4-5-17-43)30(22-38)34(46)25-7-6-8-26(20-25)36(47)41-28-12-14-39-15-13-28/h6-8,10-15,19-21,31,40,42H,2-5,9,16-18,23H2,1H3,(H,39,41,47)/b35-30+/t31-/m0/s1. The van der Waals surface area contributed by atoms with Gasteiger partial charge in [-0.2, -0.15) is 5.26 Å². The van der Waals surface area contributed by atoms with Gasteiger partial charge in [-0.3, -0.25) is 24.2 Å². The average Bonchev–Trinajstić information content (AvgIpc) is 3.75. The van der Waals surface area contributed by atoms with Crippen LogP contribution in [0.2, 0.25) is 0 Å². The number of likely N-dealkylation sites (tertiary alicyclic amines) is 2. The molecule has 4 heterocycles. The van der Waals surface area contributed by atoms with Crippen LogP contribution in [-0.4, -0.2) is 70.5 Å². The third-order valence-corrected chi connectivity index (χ3v) is 8.71. The number of aromatic nitrogens is 1. The first-order valence-electron chi connectivity index (χ1n) is 16.4. The number of hydrogen-bond acceptors (Lipinski definition) is 9. The SMILES string of the molecule is Cc1cc2cc(N/C(N[C@H]3CCCCN(CC(=O)N4CCCC4)C3=O)=C(/C#N)C(=O)c3cccc(C(=O)Nc4ccncc4)c3)ccc2o1. The van der Waals surface area contributed by atoms with Crippen molar-refractivity contribution >= 4 is 45.8 Å². The highest BCUT2D eigenvalue weighted by molar-refractivity contribution is 6.14. The minimum atomic E-state index is -0.801. The number of pyridine rings is 1. The van der Waals surface area contributed by atoms with Crippen LogP contribution < -0.4 is 16.0 Å². The Morgan fingerprint density at radius 1 is 0.918 bits per heavy atom. The predicted molar refractivity (Wildman–Crippen MR) is 183 cm³/mol.